The summed E-state index contributed by atoms with van der Waals surface area (Å²) < 4.78 is 32.5. The number of likely N-dealkylation sites (tertiary alicyclic amines) is 1. The average Bonchev–Trinajstić information content (AvgIpc) is 3.78. The van der Waals surface area contributed by atoms with Gasteiger partial charge in [-0.25, -0.2) is 4.79 Å². The quantitative estimate of drug-likeness (QED) is 0.222. The fraction of sp³-hybridized carbons (Fsp3) is 0.447. The van der Waals surface area contributed by atoms with Crippen LogP contribution in [0.3, 0.4) is 0 Å². The Balaban J connectivity index is 1.16. The van der Waals surface area contributed by atoms with Crippen LogP contribution in [0.5, 0.6) is 0 Å². The van der Waals surface area contributed by atoms with Crippen LogP contribution in [-0.2, 0) is 30.0 Å². The Bertz CT molecular complexity index is 1480. The molecular formula is C38H45NO6Si. The molecule has 3 aromatic rings. The fourth-order valence-electron chi connectivity index (χ4n) is 8.28. The van der Waals surface area contributed by atoms with E-state index in [-0.39, 0.29) is 35.8 Å². The predicted molar refractivity (Wildman–Crippen MR) is 179 cm³/mol. The summed E-state index contributed by atoms with van der Waals surface area (Å²) in [5, 5.41) is 2.38. The van der Waals surface area contributed by atoms with E-state index in [2.05, 4.69) is 93.6 Å². The van der Waals surface area contributed by atoms with E-state index in [1.165, 1.54) is 10.4 Å². The first kappa shape index (κ1) is 31.3. The first-order valence-electron chi connectivity index (χ1n) is 16.6. The third-order valence-electron chi connectivity index (χ3n) is 10.4. The zero-order chi connectivity index (χ0) is 31.8. The Kier molecular flexibility index (Phi) is 8.44. The van der Waals surface area contributed by atoms with E-state index in [0.29, 0.717) is 39.2 Å². The number of nitrogens with zero attached hydrogens (tertiary/aromatic N) is 1. The molecular weight excluding hydrogens is 595 g/mol. The lowest BCUT2D eigenvalue weighted by Gasteiger charge is -2.45. The molecule has 242 valence electrons. The first-order valence-corrected chi connectivity index (χ1v) is 18.5. The smallest absolute Gasteiger partial charge is 0.412 e. The number of amides is 1. The van der Waals surface area contributed by atoms with Gasteiger partial charge < -0.3 is 23.4 Å². The molecule has 1 spiro atoms. The molecule has 1 aliphatic carbocycles. The summed E-state index contributed by atoms with van der Waals surface area (Å²) in [6.45, 7) is 9.41. The van der Waals surface area contributed by atoms with Crippen molar-refractivity contribution in [2.24, 2.45) is 11.8 Å². The molecule has 4 aliphatic rings. The van der Waals surface area contributed by atoms with E-state index < -0.39 is 19.7 Å². The molecule has 46 heavy (non-hydrogen) atoms. The molecule has 0 radical (unpaired) electrons. The number of hydrogen-bond donors (Lipinski definition) is 0. The van der Waals surface area contributed by atoms with Crippen molar-refractivity contribution in [1.29, 1.82) is 0 Å². The molecule has 8 heteroatoms. The van der Waals surface area contributed by atoms with Gasteiger partial charge in [-0.1, -0.05) is 118 Å². The van der Waals surface area contributed by atoms with Crippen molar-refractivity contribution in [1.82, 2.24) is 4.90 Å². The molecule has 3 saturated heterocycles. The van der Waals surface area contributed by atoms with Gasteiger partial charge in [0.2, 0.25) is 0 Å². The molecule has 0 aromatic heterocycles. The Morgan fingerprint density at radius 3 is 2.11 bits per heavy atom. The maximum atomic E-state index is 13.4. The van der Waals surface area contributed by atoms with Crippen molar-refractivity contribution in [3.63, 3.8) is 0 Å². The van der Waals surface area contributed by atoms with Crippen LogP contribution in [-0.4, -0.2) is 63.3 Å². The van der Waals surface area contributed by atoms with Gasteiger partial charge >= 0.3 is 6.09 Å². The van der Waals surface area contributed by atoms with Crippen molar-refractivity contribution in [2.45, 2.75) is 69.3 Å². The molecule has 4 atom stereocenters. The summed E-state index contributed by atoms with van der Waals surface area (Å²) in [5.41, 5.74) is 0.351. The second kappa shape index (κ2) is 12.4. The second-order valence-electron chi connectivity index (χ2n) is 14.1. The van der Waals surface area contributed by atoms with Crippen LogP contribution in [0, 0.1) is 11.8 Å². The number of hydrogen-bond acceptors (Lipinski definition) is 6. The minimum atomic E-state index is -2.73. The third-order valence-corrected chi connectivity index (χ3v) is 15.5. The molecule has 7 rings (SSSR count). The van der Waals surface area contributed by atoms with Gasteiger partial charge in [-0.3, -0.25) is 4.90 Å². The predicted octanol–water partition coefficient (Wildman–Crippen LogP) is 6.03. The van der Waals surface area contributed by atoms with Gasteiger partial charge in [0.05, 0.1) is 18.8 Å². The van der Waals surface area contributed by atoms with Gasteiger partial charge in [0, 0.05) is 37.8 Å². The van der Waals surface area contributed by atoms with E-state index >= 15 is 0 Å². The minimum Gasteiger partial charge on any atom is -0.444 e. The number of fused-ring (bicyclic) bond motifs is 3. The lowest BCUT2D eigenvalue weighted by molar-refractivity contribution is -0.157. The summed E-state index contributed by atoms with van der Waals surface area (Å²) >= 11 is 0. The van der Waals surface area contributed by atoms with Crippen molar-refractivity contribution >= 4 is 24.8 Å². The fourth-order valence-corrected chi connectivity index (χ4v) is 12.8. The van der Waals surface area contributed by atoms with Crippen LogP contribution < -0.4 is 10.4 Å². The lowest BCUT2D eigenvalue weighted by Crippen LogP contribution is -2.66. The molecule has 3 aromatic carbocycles. The summed E-state index contributed by atoms with van der Waals surface area (Å²) in [7, 11) is -2.73. The molecule has 7 nitrogen and oxygen atoms in total. The van der Waals surface area contributed by atoms with Crippen molar-refractivity contribution in [3.8, 4) is 0 Å². The Morgan fingerprint density at radius 1 is 0.891 bits per heavy atom. The SMILES string of the molecule is CC(C)(C)[Si](OCC[C@]12C=CC3(C[C@H]1[C@@H]1CCN(C(=O)OCc4ccccc4)[C@@H]1O2)OCCO3)(c1ccccc1)c1ccccc1. The number of benzene rings is 3. The zero-order valence-corrected chi connectivity index (χ0v) is 28.1. The maximum Gasteiger partial charge on any atom is 0.412 e. The van der Waals surface area contributed by atoms with Crippen molar-refractivity contribution in [2.75, 3.05) is 26.4 Å². The number of carbonyl (C=O) groups excluding carboxylic acids is 1. The van der Waals surface area contributed by atoms with Gasteiger partial charge in [-0.15, -0.1) is 0 Å². The van der Waals surface area contributed by atoms with E-state index in [0.717, 1.165) is 12.0 Å². The van der Waals surface area contributed by atoms with E-state index in [1.54, 1.807) is 4.90 Å². The molecule has 3 aliphatic heterocycles. The molecule has 1 amide bonds. The summed E-state index contributed by atoms with van der Waals surface area (Å²) in [6, 6.07) is 31.3. The molecule has 0 N–H and O–H groups in total. The summed E-state index contributed by atoms with van der Waals surface area (Å²) in [6.07, 6.45) is 5.71. The molecule has 3 fully saturated rings. The highest BCUT2D eigenvalue weighted by atomic mass is 28.4. The lowest BCUT2D eigenvalue weighted by atomic mass is 9.71. The van der Waals surface area contributed by atoms with Crippen LogP contribution in [0.15, 0.2) is 103 Å². The Labute approximate surface area is 273 Å². The normalized spacial score (nSPS) is 26.7. The van der Waals surface area contributed by atoms with E-state index in [4.69, 9.17) is 23.4 Å². The maximum absolute atomic E-state index is 13.4. The summed E-state index contributed by atoms with van der Waals surface area (Å²) in [4.78, 5) is 15.2. The molecule has 0 saturated carbocycles. The minimum absolute atomic E-state index is 0.107. The number of rotatable bonds is 8. The van der Waals surface area contributed by atoms with Gasteiger partial charge in [-0.2, -0.15) is 0 Å². The van der Waals surface area contributed by atoms with E-state index in [1.807, 2.05) is 30.3 Å². The molecule has 0 unspecified atom stereocenters. The third kappa shape index (κ3) is 5.54. The van der Waals surface area contributed by atoms with Gasteiger partial charge in [0.15, 0.2) is 5.79 Å². The largest absolute Gasteiger partial charge is 0.444 e. The highest BCUT2D eigenvalue weighted by Crippen LogP contribution is 2.56. The Hall–Kier alpha value is -3.27. The van der Waals surface area contributed by atoms with Crippen LogP contribution in [0.2, 0.25) is 5.04 Å². The van der Waals surface area contributed by atoms with Gasteiger partial charge in [-0.05, 0) is 33.5 Å². The highest BCUT2D eigenvalue weighted by molar-refractivity contribution is 6.99. The van der Waals surface area contributed by atoms with Crippen LogP contribution in [0.25, 0.3) is 0 Å². The standard InChI is InChI=1S/C38H45NO6Si/c1-36(2,3)46(30-15-9-5-10-16-30,31-17-11-6-12-18-31)44-24-22-37-20-21-38(42-25-26-43-38)27-33(37)32-19-23-39(34(32)45-37)35(40)41-28-29-13-7-4-8-14-29/h4-18,20-21,32-34H,19,22-28H2,1-3H3/t32-,33-,34+,37+/m0/s1. The van der Waals surface area contributed by atoms with Crippen molar-refractivity contribution in [3.05, 3.63) is 109 Å². The van der Waals surface area contributed by atoms with Gasteiger partial charge in [0.1, 0.15) is 12.8 Å². The number of carbonyl (C=O) groups is 1. The first-order chi connectivity index (χ1) is 22.3. The van der Waals surface area contributed by atoms with Crippen LogP contribution in [0.1, 0.15) is 45.6 Å². The monoisotopic (exact) mass is 639 g/mol. The molecule has 3 heterocycles. The second-order valence-corrected chi connectivity index (χ2v) is 18.4. The summed E-state index contributed by atoms with van der Waals surface area (Å²) in [5.74, 6) is -0.478. The van der Waals surface area contributed by atoms with Gasteiger partial charge in [0.25, 0.3) is 8.32 Å². The zero-order valence-electron chi connectivity index (χ0n) is 27.1. The van der Waals surface area contributed by atoms with Crippen molar-refractivity contribution < 1.29 is 28.2 Å². The van der Waals surface area contributed by atoms with Crippen LogP contribution >= 0.6 is 0 Å². The Morgan fingerprint density at radius 2 is 1.50 bits per heavy atom. The topological polar surface area (TPSA) is 66.5 Å². The average molecular weight is 640 g/mol. The highest BCUT2D eigenvalue weighted by Gasteiger charge is 2.62. The van der Waals surface area contributed by atoms with E-state index in [9.17, 15) is 4.79 Å². The molecule has 0 bridgehead atoms. The van der Waals surface area contributed by atoms with Crippen LogP contribution in [0.4, 0.5) is 4.79 Å². The number of ether oxygens (including phenoxy) is 4.